The van der Waals surface area contributed by atoms with Crippen molar-refractivity contribution >= 4 is 29.3 Å². The number of para-hydroxylation sites is 1. The Morgan fingerprint density at radius 2 is 1.75 bits per heavy atom. The van der Waals surface area contributed by atoms with Crippen LogP contribution in [0.3, 0.4) is 0 Å². The molecule has 1 heterocycles. The molecule has 36 heavy (non-hydrogen) atoms. The molecule has 4 N–H and O–H groups in total. The van der Waals surface area contributed by atoms with Crippen molar-refractivity contribution in [3.8, 4) is 5.75 Å². The molecule has 0 bridgehead atoms. The summed E-state index contributed by atoms with van der Waals surface area (Å²) >= 11 is 0. The van der Waals surface area contributed by atoms with Gasteiger partial charge in [0.25, 0.3) is 0 Å². The fraction of sp³-hybridized carbons (Fsp3) is 0.444. The van der Waals surface area contributed by atoms with Crippen LogP contribution in [-0.4, -0.2) is 54.2 Å². The third-order valence-electron chi connectivity index (χ3n) is 6.72. The number of rotatable bonds is 9. The van der Waals surface area contributed by atoms with Gasteiger partial charge in [-0.15, -0.1) is 0 Å². The Morgan fingerprint density at radius 1 is 1.08 bits per heavy atom. The summed E-state index contributed by atoms with van der Waals surface area (Å²) in [5, 5.41) is 17.9. The summed E-state index contributed by atoms with van der Waals surface area (Å²) in [5.41, 5.74) is 3.09. The highest BCUT2D eigenvalue weighted by Gasteiger charge is 2.31. The Hall–Kier alpha value is -3.59. The number of piperidine rings is 1. The molecular weight excluding hydrogens is 460 g/mol. The van der Waals surface area contributed by atoms with Gasteiger partial charge in [-0.1, -0.05) is 24.3 Å². The minimum atomic E-state index is -0.797. The van der Waals surface area contributed by atoms with E-state index in [9.17, 15) is 14.4 Å². The van der Waals surface area contributed by atoms with Gasteiger partial charge in [0.15, 0.2) is 0 Å². The average Bonchev–Trinajstić information content (AvgIpc) is 2.84. The second-order valence-corrected chi connectivity index (χ2v) is 9.35. The van der Waals surface area contributed by atoms with Gasteiger partial charge < -0.3 is 30.7 Å². The van der Waals surface area contributed by atoms with Crippen molar-refractivity contribution in [2.45, 2.75) is 52.1 Å². The minimum absolute atomic E-state index is 0.0288. The van der Waals surface area contributed by atoms with Crippen LogP contribution in [-0.2, 0) is 9.59 Å². The first-order chi connectivity index (χ1) is 17.2. The Morgan fingerprint density at radius 3 is 2.36 bits per heavy atom. The number of nitrogens with zero attached hydrogens (tertiary/aromatic N) is 1. The van der Waals surface area contributed by atoms with Crippen molar-refractivity contribution in [2.75, 3.05) is 30.8 Å². The summed E-state index contributed by atoms with van der Waals surface area (Å²) in [6.45, 7) is 6.90. The number of benzene rings is 2. The summed E-state index contributed by atoms with van der Waals surface area (Å²) in [6, 6.07) is 12.4. The van der Waals surface area contributed by atoms with E-state index in [-0.39, 0.29) is 36.4 Å². The lowest BCUT2D eigenvalue weighted by atomic mass is 9.84. The monoisotopic (exact) mass is 496 g/mol. The number of hydrogen-bond acceptors (Lipinski definition) is 5. The molecule has 0 saturated carbocycles. The topological polar surface area (TPSA) is 120 Å². The number of likely N-dealkylation sites (tertiary alicyclic amines) is 1. The lowest BCUT2D eigenvalue weighted by molar-refractivity contribution is -0.138. The number of hydrogen-bond donors (Lipinski definition) is 4. The van der Waals surface area contributed by atoms with E-state index in [0.29, 0.717) is 11.4 Å². The number of urea groups is 1. The molecule has 9 heteroatoms. The molecule has 2 atom stereocenters. The molecule has 1 saturated heterocycles. The van der Waals surface area contributed by atoms with Crippen LogP contribution in [0.15, 0.2) is 42.5 Å². The summed E-state index contributed by atoms with van der Waals surface area (Å²) in [6.07, 6.45) is 1.77. The van der Waals surface area contributed by atoms with E-state index in [1.165, 1.54) is 6.92 Å². The first kappa shape index (κ1) is 27.0. The molecule has 1 aliphatic heterocycles. The van der Waals surface area contributed by atoms with Gasteiger partial charge in [0, 0.05) is 18.7 Å². The predicted molar refractivity (Wildman–Crippen MR) is 139 cm³/mol. The minimum Gasteiger partial charge on any atom is -0.495 e. The molecule has 9 nitrogen and oxygen atoms in total. The number of nitrogens with one attached hydrogen (secondary N) is 3. The molecule has 1 aliphatic rings. The molecular formula is C27H36N4O5. The zero-order valence-electron chi connectivity index (χ0n) is 21.3. The Labute approximate surface area is 212 Å². The maximum absolute atomic E-state index is 12.6. The number of carboxylic acids is 1. The van der Waals surface area contributed by atoms with Gasteiger partial charge >= 0.3 is 12.0 Å². The van der Waals surface area contributed by atoms with Crippen LogP contribution in [0.2, 0.25) is 0 Å². The van der Waals surface area contributed by atoms with Crippen LogP contribution in [0.25, 0.3) is 0 Å². The number of aryl methyl sites for hydroxylation is 1. The number of carbonyl (C=O) groups excluding carboxylic acids is 2. The summed E-state index contributed by atoms with van der Waals surface area (Å²) in [4.78, 5) is 37.9. The van der Waals surface area contributed by atoms with E-state index in [4.69, 9.17) is 9.84 Å². The molecule has 194 valence electrons. The molecule has 0 aliphatic carbocycles. The van der Waals surface area contributed by atoms with Crippen molar-refractivity contribution in [3.63, 3.8) is 0 Å². The number of carbonyl (C=O) groups is 3. The fourth-order valence-electron chi connectivity index (χ4n) is 4.76. The normalized spacial score (nSPS) is 16.0. The van der Waals surface area contributed by atoms with Gasteiger partial charge in [-0.2, -0.15) is 0 Å². The predicted octanol–water partition coefficient (Wildman–Crippen LogP) is 4.40. The van der Waals surface area contributed by atoms with Crippen LogP contribution in [0.5, 0.6) is 5.75 Å². The van der Waals surface area contributed by atoms with E-state index < -0.39 is 5.97 Å². The van der Waals surface area contributed by atoms with Crippen molar-refractivity contribution in [3.05, 3.63) is 53.6 Å². The van der Waals surface area contributed by atoms with E-state index in [0.717, 1.165) is 42.7 Å². The molecule has 2 aromatic rings. The van der Waals surface area contributed by atoms with E-state index in [1.807, 2.05) is 50.2 Å². The summed E-state index contributed by atoms with van der Waals surface area (Å²) in [5.74, 6) is -0.236. The van der Waals surface area contributed by atoms with Crippen LogP contribution in [0, 0.1) is 12.8 Å². The SMILES string of the molecule is COc1cc(C(NC(C)=O)C2CCN(C(C)CC(=O)O)CC2)ccc1NC(=O)Nc1ccccc1C. The van der Waals surface area contributed by atoms with Crippen molar-refractivity contribution in [2.24, 2.45) is 5.92 Å². The van der Waals surface area contributed by atoms with Crippen LogP contribution < -0.4 is 20.7 Å². The van der Waals surface area contributed by atoms with Crippen molar-refractivity contribution in [1.82, 2.24) is 10.2 Å². The van der Waals surface area contributed by atoms with Crippen molar-refractivity contribution < 1.29 is 24.2 Å². The maximum Gasteiger partial charge on any atom is 0.323 e. The number of amides is 3. The highest BCUT2D eigenvalue weighted by molar-refractivity contribution is 6.01. The number of aliphatic carboxylic acids is 1. The summed E-state index contributed by atoms with van der Waals surface area (Å²) < 4.78 is 5.57. The van der Waals surface area contributed by atoms with E-state index >= 15 is 0 Å². The van der Waals surface area contributed by atoms with Crippen LogP contribution in [0.4, 0.5) is 16.2 Å². The van der Waals surface area contributed by atoms with E-state index in [1.54, 1.807) is 13.2 Å². The van der Waals surface area contributed by atoms with Gasteiger partial charge in [-0.3, -0.25) is 9.59 Å². The maximum atomic E-state index is 12.6. The fourth-order valence-corrected chi connectivity index (χ4v) is 4.76. The summed E-state index contributed by atoms with van der Waals surface area (Å²) in [7, 11) is 1.54. The lowest BCUT2D eigenvalue weighted by Crippen LogP contribution is -2.44. The highest BCUT2D eigenvalue weighted by atomic mass is 16.5. The van der Waals surface area contributed by atoms with Gasteiger partial charge in [0.1, 0.15) is 5.75 Å². The van der Waals surface area contributed by atoms with Crippen molar-refractivity contribution in [1.29, 1.82) is 0 Å². The average molecular weight is 497 g/mol. The Bertz CT molecular complexity index is 1080. The largest absolute Gasteiger partial charge is 0.495 e. The smallest absolute Gasteiger partial charge is 0.323 e. The number of carboxylic acid groups (broad SMARTS) is 1. The van der Waals surface area contributed by atoms with Crippen LogP contribution >= 0.6 is 0 Å². The van der Waals surface area contributed by atoms with Gasteiger partial charge in [0.2, 0.25) is 5.91 Å². The highest BCUT2D eigenvalue weighted by Crippen LogP contribution is 2.35. The quantitative estimate of drug-likeness (QED) is 0.408. The first-order valence-corrected chi connectivity index (χ1v) is 12.2. The zero-order valence-corrected chi connectivity index (χ0v) is 21.3. The molecule has 0 aromatic heterocycles. The molecule has 0 spiro atoms. The second-order valence-electron chi connectivity index (χ2n) is 9.35. The lowest BCUT2D eigenvalue weighted by Gasteiger charge is -2.39. The number of methoxy groups -OCH3 is 1. The Balaban J connectivity index is 1.72. The van der Waals surface area contributed by atoms with Crippen LogP contribution in [0.1, 0.15) is 50.3 Å². The van der Waals surface area contributed by atoms with Gasteiger partial charge in [-0.25, -0.2) is 4.79 Å². The first-order valence-electron chi connectivity index (χ1n) is 12.2. The molecule has 0 radical (unpaired) electrons. The van der Waals surface area contributed by atoms with Gasteiger partial charge in [0.05, 0.1) is 25.3 Å². The zero-order chi connectivity index (χ0) is 26.2. The Kier molecular flexibility index (Phi) is 9.30. The third-order valence-corrected chi connectivity index (χ3v) is 6.72. The third kappa shape index (κ3) is 7.21. The molecule has 2 aromatic carbocycles. The standard InChI is InChI=1S/C27H36N4O5/c1-17-7-5-6-8-22(17)29-27(35)30-23-10-9-21(16-24(23)36-4)26(28-19(3)32)20-11-13-31(14-12-20)18(2)15-25(33)34/h5-10,16,18,20,26H,11-15H2,1-4H3,(H,28,32)(H,33,34)(H2,29,30,35). The number of ether oxygens (including phenoxy) is 1. The number of anilines is 2. The van der Waals surface area contributed by atoms with E-state index in [2.05, 4.69) is 20.9 Å². The van der Waals surface area contributed by atoms with Gasteiger partial charge in [-0.05, 0) is 75.0 Å². The molecule has 3 amide bonds. The molecule has 3 rings (SSSR count). The molecule has 2 unspecified atom stereocenters. The molecule has 1 fully saturated rings. The second kappa shape index (κ2) is 12.4.